The van der Waals surface area contributed by atoms with E-state index in [1.165, 1.54) is 19.3 Å². The van der Waals surface area contributed by atoms with Gasteiger partial charge in [0.15, 0.2) is 11.5 Å². The first-order valence-electron chi connectivity index (χ1n) is 6.90. The summed E-state index contributed by atoms with van der Waals surface area (Å²) in [5.41, 5.74) is 2.12. The molecule has 0 radical (unpaired) electrons. The van der Waals surface area contributed by atoms with Crippen molar-refractivity contribution in [2.24, 2.45) is 0 Å². The Bertz CT molecular complexity index is 597. The number of aromatic nitrogens is 1. The van der Waals surface area contributed by atoms with E-state index in [9.17, 15) is 4.79 Å². The minimum absolute atomic E-state index is 0.0112. The molecule has 0 saturated heterocycles. The number of hydrogen-bond donors (Lipinski definition) is 1. The van der Waals surface area contributed by atoms with Gasteiger partial charge >= 0.3 is 0 Å². The maximum atomic E-state index is 12.2. The van der Waals surface area contributed by atoms with Crippen LogP contribution >= 0.6 is 0 Å². The first kappa shape index (κ1) is 12.2. The summed E-state index contributed by atoms with van der Waals surface area (Å²) in [7, 11) is 0. The van der Waals surface area contributed by atoms with E-state index >= 15 is 0 Å². The molecular formula is C15H18N2O2. The van der Waals surface area contributed by atoms with Gasteiger partial charge in [-0.15, -0.1) is 0 Å². The fraction of sp³-hybridized carbons (Fsp3) is 0.467. The third-order valence-electron chi connectivity index (χ3n) is 3.70. The van der Waals surface area contributed by atoms with Crippen molar-refractivity contribution in [3.63, 3.8) is 0 Å². The number of benzene rings is 1. The second-order valence-corrected chi connectivity index (χ2v) is 5.22. The fourth-order valence-electron chi connectivity index (χ4n) is 2.70. The van der Waals surface area contributed by atoms with Crippen molar-refractivity contribution in [3.8, 4) is 0 Å². The Kier molecular flexibility index (Phi) is 3.23. The number of aryl methyl sites for hydroxylation is 1. The van der Waals surface area contributed by atoms with Crippen LogP contribution in [0.5, 0.6) is 0 Å². The van der Waals surface area contributed by atoms with Crippen LogP contribution in [0.2, 0.25) is 0 Å². The summed E-state index contributed by atoms with van der Waals surface area (Å²) in [5.74, 6) is 0.614. The van der Waals surface area contributed by atoms with E-state index in [2.05, 4.69) is 10.3 Å². The Labute approximate surface area is 112 Å². The molecule has 0 atom stereocenters. The van der Waals surface area contributed by atoms with Crippen molar-refractivity contribution in [2.75, 3.05) is 0 Å². The van der Waals surface area contributed by atoms with Crippen LogP contribution in [0.25, 0.3) is 11.1 Å². The van der Waals surface area contributed by atoms with E-state index < -0.39 is 0 Å². The topological polar surface area (TPSA) is 55.1 Å². The minimum Gasteiger partial charge on any atom is -0.441 e. The van der Waals surface area contributed by atoms with E-state index in [0.29, 0.717) is 23.1 Å². The number of amides is 1. The number of nitrogens with one attached hydrogen (secondary N) is 1. The molecule has 2 aromatic rings. The molecule has 0 aliphatic heterocycles. The van der Waals surface area contributed by atoms with Gasteiger partial charge in [-0.1, -0.05) is 19.3 Å². The van der Waals surface area contributed by atoms with Crippen LogP contribution in [0.1, 0.15) is 48.4 Å². The normalized spacial score (nSPS) is 16.7. The van der Waals surface area contributed by atoms with Gasteiger partial charge in [0.2, 0.25) is 0 Å². The molecule has 4 heteroatoms. The summed E-state index contributed by atoms with van der Waals surface area (Å²) in [6, 6.07) is 5.74. The fourth-order valence-corrected chi connectivity index (χ4v) is 2.70. The third-order valence-corrected chi connectivity index (χ3v) is 3.70. The third kappa shape index (κ3) is 2.62. The molecule has 1 saturated carbocycles. The molecule has 0 unspecified atom stereocenters. The SMILES string of the molecule is Cc1nc2ccc(C(=O)NC3CCCCC3)cc2o1. The summed E-state index contributed by atoms with van der Waals surface area (Å²) >= 11 is 0. The molecule has 1 aromatic heterocycles. The van der Waals surface area contributed by atoms with Crippen molar-refractivity contribution in [1.82, 2.24) is 10.3 Å². The first-order chi connectivity index (χ1) is 9.22. The zero-order chi connectivity index (χ0) is 13.2. The number of fused-ring (bicyclic) bond motifs is 1. The predicted molar refractivity (Wildman–Crippen MR) is 73.1 cm³/mol. The second-order valence-electron chi connectivity index (χ2n) is 5.22. The molecule has 1 fully saturated rings. The predicted octanol–water partition coefficient (Wildman–Crippen LogP) is 3.20. The summed E-state index contributed by atoms with van der Waals surface area (Å²) < 4.78 is 5.46. The highest BCUT2D eigenvalue weighted by molar-refractivity contribution is 5.97. The lowest BCUT2D eigenvalue weighted by molar-refractivity contribution is 0.0927. The van der Waals surface area contributed by atoms with Gasteiger partial charge in [0.1, 0.15) is 5.52 Å². The van der Waals surface area contributed by atoms with E-state index in [1.807, 2.05) is 19.1 Å². The maximum Gasteiger partial charge on any atom is 0.251 e. The van der Waals surface area contributed by atoms with Crippen molar-refractivity contribution >= 4 is 17.0 Å². The van der Waals surface area contributed by atoms with Crippen LogP contribution in [0, 0.1) is 6.92 Å². The molecule has 0 spiro atoms. The summed E-state index contributed by atoms with van der Waals surface area (Å²) in [5, 5.41) is 3.11. The maximum absolute atomic E-state index is 12.2. The molecule has 19 heavy (non-hydrogen) atoms. The van der Waals surface area contributed by atoms with E-state index in [0.717, 1.165) is 18.4 Å². The molecule has 1 heterocycles. The molecular weight excluding hydrogens is 240 g/mol. The summed E-state index contributed by atoms with van der Waals surface area (Å²) in [6.07, 6.45) is 5.90. The lowest BCUT2D eigenvalue weighted by atomic mass is 9.95. The van der Waals surface area contributed by atoms with E-state index in [4.69, 9.17) is 4.42 Å². The quantitative estimate of drug-likeness (QED) is 0.900. The number of rotatable bonds is 2. The lowest BCUT2D eigenvalue weighted by Gasteiger charge is -2.22. The number of nitrogens with zero attached hydrogens (tertiary/aromatic N) is 1. The number of oxazole rings is 1. The molecule has 1 aliphatic rings. The Morgan fingerprint density at radius 3 is 2.89 bits per heavy atom. The van der Waals surface area contributed by atoms with Crippen LogP contribution in [-0.2, 0) is 0 Å². The van der Waals surface area contributed by atoms with Gasteiger partial charge in [0, 0.05) is 18.5 Å². The standard InChI is InChI=1S/C15H18N2O2/c1-10-16-13-8-7-11(9-14(13)19-10)15(18)17-12-5-3-2-4-6-12/h7-9,12H,2-6H2,1H3,(H,17,18). The van der Waals surface area contributed by atoms with Crippen LogP contribution < -0.4 is 5.32 Å². The highest BCUT2D eigenvalue weighted by Crippen LogP contribution is 2.19. The number of carbonyl (C=O) groups excluding carboxylic acids is 1. The van der Waals surface area contributed by atoms with Crippen molar-refractivity contribution < 1.29 is 9.21 Å². The first-order valence-corrected chi connectivity index (χ1v) is 6.90. The van der Waals surface area contributed by atoms with Gasteiger partial charge in [-0.25, -0.2) is 4.98 Å². The smallest absolute Gasteiger partial charge is 0.251 e. The Morgan fingerprint density at radius 2 is 2.11 bits per heavy atom. The monoisotopic (exact) mass is 258 g/mol. The van der Waals surface area contributed by atoms with Gasteiger partial charge < -0.3 is 9.73 Å². The van der Waals surface area contributed by atoms with E-state index in [-0.39, 0.29) is 5.91 Å². The zero-order valence-electron chi connectivity index (χ0n) is 11.1. The Hall–Kier alpha value is -1.84. The lowest BCUT2D eigenvalue weighted by Crippen LogP contribution is -2.36. The van der Waals surface area contributed by atoms with Gasteiger partial charge in [-0.3, -0.25) is 4.79 Å². The summed E-state index contributed by atoms with van der Waals surface area (Å²) in [4.78, 5) is 16.4. The van der Waals surface area contributed by atoms with Crippen LogP contribution in [0.3, 0.4) is 0 Å². The van der Waals surface area contributed by atoms with Gasteiger partial charge in [-0.05, 0) is 31.0 Å². The largest absolute Gasteiger partial charge is 0.441 e. The molecule has 4 nitrogen and oxygen atoms in total. The average molecular weight is 258 g/mol. The second kappa shape index (κ2) is 5.03. The highest BCUT2D eigenvalue weighted by Gasteiger charge is 2.17. The van der Waals surface area contributed by atoms with Gasteiger partial charge in [0.25, 0.3) is 5.91 Å². The van der Waals surface area contributed by atoms with Gasteiger partial charge in [0.05, 0.1) is 0 Å². The van der Waals surface area contributed by atoms with Crippen molar-refractivity contribution in [3.05, 3.63) is 29.7 Å². The molecule has 3 rings (SSSR count). The van der Waals surface area contributed by atoms with Crippen LogP contribution in [0.4, 0.5) is 0 Å². The summed E-state index contributed by atoms with van der Waals surface area (Å²) in [6.45, 7) is 1.81. The molecule has 1 N–H and O–H groups in total. The van der Waals surface area contributed by atoms with Crippen LogP contribution in [-0.4, -0.2) is 16.9 Å². The number of hydrogen-bond acceptors (Lipinski definition) is 3. The molecule has 100 valence electrons. The Balaban J connectivity index is 1.76. The van der Waals surface area contributed by atoms with Gasteiger partial charge in [-0.2, -0.15) is 0 Å². The molecule has 1 aliphatic carbocycles. The number of carbonyl (C=O) groups is 1. The zero-order valence-corrected chi connectivity index (χ0v) is 11.1. The minimum atomic E-state index is -0.0112. The van der Waals surface area contributed by atoms with E-state index in [1.54, 1.807) is 6.07 Å². The molecule has 1 amide bonds. The van der Waals surface area contributed by atoms with Crippen molar-refractivity contribution in [1.29, 1.82) is 0 Å². The Morgan fingerprint density at radius 1 is 1.32 bits per heavy atom. The van der Waals surface area contributed by atoms with Crippen LogP contribution in [0.15, 0.2) is 22.6 Å². The van der Waals surface area contributed by atoms with Crippen molar-refractivity contribution in [2.45, 2.75) is 45.1 Å². The average Bonchev–Trinajstić information content (AvgIpc) is 2.78. The molecule has 1 aromatic carbocycles. The molecule has 0 bridgehead atoms. The highest BCUT2D eigenvalue weighted by atomic mass is 16.3.